The van der Waals surface area contributed by atoms with Crippen LogP contribution in [0.3, 0.4) is 0 Å². The molecular formula is C19H22ClN3O. The SMILES string of the molecule is Cc1cccc(C(=O)N2CCCN(Cc3ccc(Cl)nc3)CC2)c1. The fourth-order valence-electron chi connectivity index (χ4n) is 3.05. The first kappa shape index (κ1) is 16.9. The largest absolute Gasteiger partial charge is 0.337 e. The Labute approximate surface area is 148 Å². The van der Waals surface area contributed by atoms with Gasteiger partial charge in [0.1, 0.15) is 5.15 Å². The van der Waals surface area contributed by atoms with E-state index in [1.807, 2.05) is 54.4 Å². The zero-order chi connectivity index (χ0) is 16.9. The predicted octanol–water partition coefficient (Wildman–Crippen LogP) is 3.39. The highest BCUT2D eigenvalue weighted by atomic mass is 35.5. The monoisotopic (exact) mass is 343 g/mol. The Morgan fingerprint density at radius 2 is 2.04 bits per heavy atom. The van der Waals surface area contributed by atoms with Crippen LogP contribution in [0.25, 0.3) is 0 Å². The highest BCUT2D eigenvalue weighted by Gasteiger charge is 2.20. The molecule has 1 aliphatic rings. The third-order valence-electron chi connectivity index (χ3n) is 4.34. The lowest BCUT2D eigenvalue weighted by atomic mass is 10.1. The van der Waals surface area contributed by atoms with Crippen molar-refractivity contribution in [1.82, 2.24) is 14.8 Å². The average molecular weight is 344 g/mol. The number of carbonyl (C=O) groups excluding carboxylic acids is 1. The summed E-state index contributed by atoms with van der Waals surface area (Å²) in [6.07, 6.45) is 2.81. The minimum absolute atomic E-state index is 0.133. The number of pyridine rings is 1. The molecule has 0 atom stereocenters. The normalized spacial score (nSPS) is 16.0. The van der Waals surface area contributed by atoms with E-state index in [1.165, 1.54) is 0 Å². The molecule has 0 spiro atoms. The lowest BCUT2D eigenvalue weighted by Gasteiger charge is -2.22. The summed E-state index contributed by atoms with van der Waals surface area (Å²) in [5.41, 5.74) is 3.05. The molecule has 3 rings (SSSR count). The lowest BCUT2D eigenvalue weighted by molar-refractivity contribution is 0.0761. The number of halogens is 1. The first-order valence-electron chi connectivity index (χ1n) is 8.30. The predicted molar refractivity (Wildman–Crippen MR) is 96.2 cm³/mol. The molecule has 0 radical (unpaired) electrons. The Morgan fingerprint density at radius 1 is 1.17 bits per heavy atom. The molecule has 0 saturated carbocycles. The highest BCUT2D eigenvalue weighted by molar-refractivity contribution is 6.29. The van der Waals surface area contributed by atoms with Gasteiger partial charge in [0.15, 0.2) is 0 Å². The fourth-order valence-corrected chi connectivity index (χ4v) is 3.16. The molecule has 5 heteroatoms. The lowest BCUT2D eigenvalue weighted by Crippen LogP contribution is -2.35. The maximum atomic E-state index is 12.7. The van der Waals surface area contributed by atoms with Crippen molar-refractivity contribution in [3.05, 3.63) is 64.4 Å². The summed E-state index contributed by atoms with van der Waals surface area (Å²) in [7, 11) is 0. The number of hydrogen-bond donors (Lipinski definition) is 0. The first-order valence-corrected chi connectivity index (χ1v) is 8.68. The van der Waals surface area contributed by atoms with Gasteiger partial charge in [-0.3, -0.25) is 9.69 Å². The number of benzene rings is 1. The standard InChI is InChI=1S/C19H22ClN3O/c1-15-4-2-5-17(12-15)19(24)23-9-3-8-22(10-11-23)14-16-6-7-18(20)21-13-16/h2,4-7,12-13H,3,8-11,14H2,1H3. The molecule has 126 valence electrons. The Hall–Kier alpha value is -1.91. The van der Waals surface area contributed by atoms with Gasteiger partial charge in [-0.1, -0.05) is 35.4 Å². The van der Waals surface area contributed by atoms with E-state index in [-0.39, 0.29) is 5.91 Å². The number of nitrogens with zero attached hydrogens (tertiary/aromatic N) is 3. The summed E-state index contributed by atoms with van der Waals surface area (Å²) in [6.45, 7) is 6.29. The van der Waals surface area contributed by atoms with Crippen molar-refractivity contribution in [2.45, 2.75) is 19.9 Å². The van der Waals surface area contributed by atoms with Crippen molar-refractivity contribution in [3.8, 4) is 0 Å². The Kier molecular flexibility index (Phi) is 5.48. The van der Waals surface area contributed by atoms with Gasteiger partial charge in [-0.15, -0.1) is 0 Å². The minimum Gasteiger partial charge on any atom is -0.337 e. The second-order valence-corrected chi connectivity index (χ2v) is 6.67. The van der Waals surface area contributed by atoms with E-state index in [1.54, 1.807) is 0 Å². The van der Waals surface area contributed by atoms with Gasteiger partial charge in [0, 0.05) is 44.5 Å². The summed E-state index contributed by atoms with van der Waals surface area (Å²) in [5.74, 6) is 0.133. The third-order valence-corrected chi connectivity index (χ3v) is 4.56. The van der Waals surface area contributed by atoms with Crippen LogP contribution < -0.4 is 0 Å². The topological polar surface area (TPSA) is 36.4 Å². The van der Waals surface area contributed by atoms with Crippen LogP contribution in [0.5, 0.6) is 0 Å². The van der Waals surface area contributed by atoms with Gasteiger partial charge in [-0.05, 0) is 37.1 Å². The molecule has 24 heavy (non-hydrogen) atoms. The van der Waals surface area contributed by atoms with Crippen molar-refractivity contribution < 1.29 is 4.79 Å². The molecule has 1 amide bonds. The summed E-state index contributed by atoms with van der Waals surface area (Å²) in [6, 6.07) is 11.7. The Morgan fingerprint density at radius 3 is 2.79 bits per heavy atom. The van der Waals surface area contributed by atoms with E-state index in [9.17, 15) is 4.79 Å². The molecule has 1 saturated heterocycles. The van der Waals surface area contributed by atoms with Crippen LogP contribution in [0.1, 0.15) is 27.9 Å². The maximum absolute atomic E-state index is 12.7. The van der Waals surface area contributed by atoms with Crippen LogP contribution in [0, 0.1) is 6.92 Å². The molecule has 1 aromatic heterocycles. The van der Waals surface area contributed by atoms with Crippen molar-refractivity contribution in [3.63, 3.8) is 0 Å². The van der Waals surface area contributed by atoms with Crippen molar-refractivity contribution >= 4 is 17.5 Å². The van der Waals surface area contributed by atoms with Gasteiger partial charge in [0.05, 0.1) is 0 Å². The van der Waals surface area contributed by atoms with Crippen LogP contribution in [-0.2, 0) is 6.54 Å². The third kappa shape index (κ3) is 4.34. The quantitative estimate of drug-likeness (QED) is 0.801. The van der Waals surface area contributed by atoms with Crippen LogP contribution in [0.4, 0.5) is 0 Å². The van der Waals surface area contributed by atoms with E-state index in [0.29, 0.717) is 5.15 Å². The molecule has 1 fully saturated rings. The fraction of sp³-hybridized carbons (Fsp3) is 0.368. The summed E-state index contributed by atoms with van der Waals surface area (Å²) in [4.78, 5) is 21.2. The summed E-state index contributed by atoms with van der Waals surface area (Å²) in [5, 5.41) is 0.518. The maximum Gasteiger partial charge on any atom is 0.253 e. The Bertz CT molecular complexity index is 702. The number of amides is 1. The number of aryl methyl sites for hydroxylation is 1. The molecule has 2 aromatic rings. The van der Waals surface area contributed by atoms with Crippen LogP contribution in [0.2, 0.25) is 5.15 Å². The highest BCUT2D eigenvalue weighted by Crippen LogP contribution is 2.13. The van der Waals surface area contributed by atoms with Gasteiger partial charge in [-0.25, -0.2) is 4.98 Å². The van der Waals surface area contributed by atoms with Crippen molar-refractivity contribution in [2.75, 3.05) is 26.2 Å². The molecule has 1 aliphatic heterocycles. The molecule has 0 unspecified atom stereocenters. The number of carbonyl (C=O) groups is 1. The van der Waals surface area contributed by atoms with Crippen molar-refractivity contribution in [2.24, 2.45) is 0 Å². The molecule has 0 aliphatic carbocycles. The summed E-state index contributed by atoms with van der Waals surface area (Å²) < 4.78 is 0. The number of aromatic nitrogens is 1. The molecule has 4 nitrogen and oxygen atoms in total. The van der Waals surface area contributed by atoms with Gasteiger partial charge < -0.3 is 4.90 Å². The zero-order valence-electron chi connectivity index (χ0n) is 13.9. The first-order chi connectivity index (χ1) is 11.6. The second-order valence-electron chi connectivity index (χ2n) is 6.28. The van der Waals surface area contributed by atoms with Crippen LogP contribution >= 0.6 is 11.6 Å². The van der Waals surface area contributed by atoms with Crippen molar-refractivity contribution in [1.29, 1.82) is 0 Å². The molecule has 2 heterocycles. The average Bonchev–Trinajstić information content (AvgIpc) is 2.82. The minimum atomic E-state index is 0.133. The number of hydrogen-bond acceptors (Lipinski definition) is 3. The summed E-state index contributed by atoms with van der Waals surface area (Å²) >= 11 is 5.83. The smallest absolute Gasteiger partial charge is 0.253 e. The van der Waals surface area contributed by atoms with E-state index < -0.39 is 0 Å². The van der Waals surface area contributed by atoms with Crippen LogP contribution in [-0.4, -0.2) is 46.9 Å². The van der Waals surface area contributed by atoms with Gasteiger partial charge in [0.25, 0.3) is 5.91 Å². The van der Waals surface area contributed by atoms with Gasteiger partial charge >= 0.3 is 0 Å². The van der Waals surface area contributed by atoms with E-state index in [2.05, 4.69) is 9.88 Å². The van der Waals surface area contributed by atoms with E-state index >= 15 is 0 Å². The van der Waals surface area contributed by atoms with E-state index in [0.717, 1.165) is 55.8 Å². The van der Waals surface area contributed by atoms with Gasteiger partial charge in [0.2, 0.25) is 0 Å². The molecular weight excluding hydrogens is 322 g/mol. The molecule has 0 bridgehead atoms. The molecule has 1 aromatic carbocycles. The van der Waals surface area contributed by atoms with Gasteiger partial charge in [-0.2, -0.15) is 0 Å². The van der Waals surface area contributed by atoms with E-state index in [4.69, 9.17) is 11.6 Å². The molecule has 0 N–H and O–H groups in total. The zero-order valence-corrected chi connectivity index (χ0v) is 14.7. The Balaban J connectivity index is 1.60. The number of rotatable bonds is 3. The second kappa shape index (κ2) is 7.77. The van der Waals surface area contributed by atoms with Crippen LogP contribution in [0.15, 0.2) is 42.6 Å².